The van der Waals surface area contributed by atoms with Crippen LogP contribution in [0.2, 0.25) is 0 Å². The third-order valence-electron chi connectivity index (χ3n) is 12.3. The third-order valence-corrected chi connectivity index (χ3v) is 15.3. The minimum absolute atomic E-state index is 0.00729. The summed E-state index contributed by atoms with van der Waals surface area (Å²) in [6.45, 7) is 5.21. The summed E-state index contributed by atoms with van der Waals surface area (Å²) in [5.41, 5.74) is 2.47. The van der Waals surface area contributed by atoms with Gasteiger partial charge >= 0.3 is 11.9 Å². The predicted octanol–water partition coefficient (Wildman–Crippen LogP) is 9.62. The quantitative estimate of drug-likeness (QED) is 0.0181. The number of allylic oxidation sites excluding steroid dienone is 1. The summed E-state index contributed by atoms with van der Waals surface area (Å²) in [4.78, 5) is 69.2. The van der Waals surface area contributed by atoms with Gasteiger partial charge in [0.25, 0.3) is 5.91 Å². The molecule has 0 spiro atoms. The second-order valence-corrected chi connectivity index (χ2v) is 21.3. The lowest BCUT2D eigenvalue weighted by molar-refractivity contribution is -0.161. The minimum Gasteiger partial charge on any atom is -0.504 e. The number of nitrogens with zero attached hydrogens (tertiary/aromatic N) is 3. The van der Waals surface area contributed by atoms with E-state index in [-0.39, 0.29) is 34.4 Å². The number of β-lactam (4-membered cyclic amide) rings is 1. The van der Waals surface area contributed by atoms with Crippen LogP contribution in [0.1, 0.15) is 72.8 Å². The molecule has 0 aliphatic carbocycles. The van der Waals surface area contributed by atoms with E-state index in [1.165, 1.54) is 34.9 Å². The molecule has 0 bridgehead atoms. The van der Waals surface area contributed by atoms with Gasteiger partial charge in [-0.2, -0.15) is 0 Å². The van der Waals surface area contributed by atoms with E-state index >= 15 is 0 Å². The van der Waals surface area contributed by atoms with Gasteiger partial charge in [0.05, 0.1) is 24.0 Å². The fourth-order valence-electron chi connectivity index (χ4n) is 8.91. The van der Waals surface area contributed by atoms with Gasteiger partial charge in [0, 0.05) is 26.8 Å². The van der Waals surface area contributed by atoms with Crippen LogP contribution in [-0.2, 0) is 49.7 Å². The molecule has 4 atom stereocenters. The summed E-state index contributed by atoms with van der Waals surface area (Å²) in [5, 5.41) is 29.6. The number of halogens is 1. The Morgan fingerprint density at radius 2 is 1.32 bits per heavy atom. The van der Waals surface area contributed by atoms with E-state index < -0.39 is 81.4 Å². The van der Waals surface area contributed by atoms with Gasteiger partial charge in [-0.05, 0) is 66.3 Å². The van der Waals surface area contributed by atoms with Crippen LogP contribution < -0.4 is 10.6 Å². The van der Waals surface area contributed by atoms with Crippen LogP contribution in [0.5, 0.6) is 11.5 Å². The highest BCUT2D eigenvalue weighted by atomic mass is 35.5. The summed E-state index contributed by atoms with van der Waals surface area (Å²) in [6.07, 6.45) is -2.75. The molecule has 6 aromatic carbocycles. The van der Waals surface area contributed by atoms with Crippen LogP contribution in [-0.4, -0.2) is 73.4 Å². The highest BCUT2D eigenvalue weighted by Gasteiger charge is 2.54. The second-order valence-electron chi connectivity index (χ2n) is 18.5. The van der Waals surface area contributed by atoms with Crippen molar-refractivity contribution in [1.82, 2.24) is 15.5 Å². The summed E-state index contributed by atoms with van der Waals surface area (Å²) in [7, 11) is -1.49. The smallest absolute Gasteiger partial charge is 0.356 e. The molecule has 1 saturated heterocycles. The first-order valence-electron chi connectivity index (χ1n) is 23.7. The van der Waals surface area contributed by atoms with Crippen LogP contribution in [0.25, 0.3) is 0 Å². The van der Waals surface area contributed by atoms with Gasteiger partial charge in [0.2, 0.25) is 12.0 Å². The summed E-state index contributed by atoms with van der Waals surface area (Å²) < 4.78 is 16.6. The number of benzene rings is 6. The Balaban J connectivity index is 1.08. The fraction of sp³-hybridized carbons (Fsp3) is 0.211. The molecule has 2 unspecified atom stereocenters. The number of alkyl halides is 1. The Kier molecular flexibility index (Phi) is 15.5. The molecule has 0 radical (unpaired) electrons. The first kappa shape index (κ1) is 51.4. The van der Waals surface area contributed by atoms with Crippen LogP contribution in [0.4, 0.5) is 0 Å². The average molecular weight is 1050 g/mol. The normalized spacial score (nSPS) is 17.9. The first-order valence-corrected chi connectivity index (χ1v) is 26.4. The van der Waals surface area contributed by atoms with Crippen LogP contribution in [0, 0.1) is 0 Å². The second kappa shape index (κ2) is 22.3. The SMILES string of the molecule is CC(C)(C)OC(=O)C1=C(CCl)SC[C@@H]2[C@H](NC(=O)CC3=C/S(=N/OC(C(=O)OC(c4ccccc4)c4ccccc4)c4ccc(O)c(O)c4)C(NC(c4ccccc4)(c4ccccc4)c4ccccc4)=N3)C(=O)N12. The molecule has 1 fully saturated rings. The van der Waals surface area contributed by atoms with Crippen molar-refractivity contribution in [2.24, 2.45) is 9.52 Å². The summed E-state index contributed by atoms with van der Waals surface area (Å²) >= 11 is 7.59. The van der Waals surface area contributed by atoms with Crippen molar-refractivity contribution in [3.05, 3.63) is 225 Å². The number of hydrogen-bond acceptors (Lipinski definition) is 13. The van der Waals surface area contributed by atoms with E-state index in [0.29, 0.717) is 21.8 Å². The Bertz CT molecular complexity index is 3040. The molecule has 0 saturated carbocycles. The first-order chi connectivity index (χ1) is 35.7. The van der Waals surface area contributed by atoms with Gasteiger partial charge in [0.15, 0.2) is 22.8 Å². The van der Waals surface area contributed by atoms with Gasteiger partial charge in [-0.1, -0.05) is 162 Å². The van der Waals surface area contributed by atoms with Gasteiger partial charge in [-0.3, -0.25) is 14.5 Å². The van der Waals surface area contributed by atoms with Crippen molar-refractivity contribution in [3.8, 4) is 11.5 Å². The van der Waals surface area contributed by atoms with Gasteiger partial charge < -0.3 is 30.3 Å². The average Bonchev–Trinajstić information content (AvgIpc) is 3.79. The minimum atomic E-state index is -1.59. The lowest BCUT2D eigenvalue weighted by atomic mass is 9.77. The number of rotatable bonds is 16. The maximum absolute atomic E-state index is 14.7. The fourth-order valence-corrected chi connectivity index (χ4v) is 11.6. The molecule has 4 N–H and O–H groups in total. The highest BCUT2D eigenvalue weighted by Crippen LogP contribution is 2.42. The summed E-state index contributed by atoms with van der Waals surface area (Å²) in [5.74, 6) is -3.04. The third kappa shape index (κ3) is 11.0. The van der Waals surface area contributed by atoms with E-state index in [0.717, 1.165) is 16.7 Å². The number of hydrogen-bond donors (Lipinski definition) is 4. The number of carbonyl (C=O) groups is 4. The summed E-state index contributed by atoms with van der Waals surface area (Å²) in [6, 6.07) is 50.2. The number of ether oxygens (including phenoxy) is 2. The number of esters is 2. The van der Waals surface area contributed by atoms with Crippen molar-refractivity contribution in [3.63, 3.8) is 0 Å². The van der Waals surface area contributed by atoms with Gasteiger partial charge in [-0.25, -0.2) is 19.4 Å². The standard InChI is InChI=1S/C57H52ClN5O9S2/c1-56(2,3)71-53(68)49-46(33-58)73-34-43-48(52(67)63(43)49)60-47(66)32-42-35-74(55(59-42)61-57(39-23-13-6-14-24-39,40-25-15-7-16-26-40)41-27-17-8-18-28-41)62-72-51(38-29-30-44(64)45(65)31-38)54(69)70-50(36-19-9-4-10-20-36)37-21-11-5-12-22-37/h4-31,35,43,48,50-51,64-65H,32-34H2,1-3H3,(H,59,61)(H,60,66)/t43-,48+,51?,74?/m1/s1. The molecule has 0 aromatic heterocycles. The molecule has 378 valence electrons. The number of amidine groups is 1. The number of aliphatic imine (C=N–C) groups is 1. The largest absolute Gasteiger partial charge is 0.504 e. The molecule has 3 aliphatic heterocycles. The molecule has 3 heterocycles. The van der Waals surface area contributed by atoms with Crippen molar-refractivity contribution in [1.29, 1.82) is 0 Å². The highest BCUT2D eigenvalue weighted by molar-refractivity contribution is 8.05. The maximum Gasteiger partial charge on any atom is 0.356 e. The predicted molar refractivity (Wildman–Crippen MR) is 285 cm³/mol. The Morgan fingerprint density at radius 1 is 0.784 bits per heavy atom. The molecule has 14 nitrogen and oxygen atoms in total. The number of phenolic OH excluding ortho intramolecular Hbond substituents is 2. The number of phenols is 2. The number of nitrogens with one attached hydrogen (secondary N) is 2. The zero-order valence-corrected chi connectivity index (χ0v) is 42.9. The van der Waals surface area contributed by atoms with Crippen molar-refractivity contribution < 1.29 is 43.7 Å². The zero-order valence-electron chi connectivity index (χ0n) is 40.5. The van der Waals surface area contributed by atoms with Crippen LogP contribution in [0.3, 0.4) is 0 Å². The molecule has 6 aromatic rings. The molecule has 17 heteroatoms. The molecule has 2 amide bonds. The van der Waals surface area contributed by atoms with Crippen LogP contribution in [0.15, 0.2) is 201 Å². The van der Waals surface area contributed by atoms with E-state index in [1.807, 2.05) is 152 Å². The lowest BCUT2D eigenvalue weighted by Gasteiger charge is -2.50. The molecule has 3 aliphatic rings. The van der Waals surface area contributed by atoms with Crippen molar-refractivity contribution in [2.45, 2.75) is 62.6 Å². The van der Waals surface area contributed by atoms with E-state index in [4.69, 9.17) is 35.4 Å². The number of fused-ring (bicyclic) bond motifs is 1. The lowest BCUT2D eigenvalue weighted by Crippen LogP contribution is -2.72. The number of thioether (sulfide) groups is 1. The van der Waals surface area contributed by atoms with Crippen molar-refractivity contribution in [2.75, 3.05) is 11.6 Å². The van der Waals surface area contributed by atoms with Gasteiger partial charge in [0.1, 0.15) is 22.9 Å². The zero-order chi connectivity index (χ0) is 52.0. The molecule has 9 rings (SSSR count). The van der Waals surface area contributed by atoms with E-state index in [1.54, 1.807) is 26.2 Å². The van der Waals surface area contributed by atoms with Crippen LogP contribution >= 0.6 is 23.4 Å². The molecular formula is C57H52ClN5O9S2. The molecule has 74 heavy (non-hydrogen) atoms. The monoisotopic (exact) mass is 1050 g/mol. The number of aromatic hydroxyl groups is 2. The van der Waals surface area contributed by atoms with Gasteiger partial charge in [-0.15, -0.1) is 23.4 Å². The maximum atomic E-state index is 14.7. The number of carbonyl (C=O) groups excluding carboxylic acids is 4. The molecular weight excluding hydrogens is 998 g/mol. The Morgan fingerprint density at radius 3 is 1.84 bits per heavy atom. The van der Waals surface area contributed by atoms with E-state index in [9.17, 15) is 29.4 Å². The van der Waals surface area contributed by atoms with E-state index in [2.05, 4.69) is 10.6 Å². The topological polar surface area (TPSA) is 188 Å². The Labute approximate surface area is 440 Å². The Hall–Kier alpha value is -7.50. The number of amides is 2. The van der Waals surface area contributed by atoms with Crippen molar-refractivity contribution >= 4 is 63.0 Å².